The molecule has 0 radical (unpaired) electrons. The Labute approximate surface area is 74.5 Å². The van der Waals surface area contributed by atoms with Gasteiger partial charge in [0.05, 0.1) is 12.1 Å². The Morgan fingerprint density at radius 1 is 1.58 bits per heavy atom. The molecule has 0 saturated heterocycles. The number of phenols is 1. The normalized spacial score (nSPS) is 9.50. The van der Waals surface area contributed by atoms with Crippen LogP contribution in [0.5, 0.6) is 5.75 Å². The summed E-state index contributed by atoms with van der Waals surface area (Å²) in [6, 6.07) is 4.49. The average molecular weight is 187 g/mol. The molecule has 0 heterocycles. The van der Waals surface area contributed by atoms with Crippen LogP contribution in [0, 0.1) is 0 Å². The van der Waals surface area contributed by atoms with Crippen LogP contribution in [0.1, 0.15) is 10.4 Å². The molecule has 1 rings (SSSR count). The molecule has 1 aromatic rings. The first-order valence-electron chi connectivity index (χ1n) is 3.22. The zero-order chi connectivity index (χ0) is 9.14. The van der Waals surface area contributed by atoms with Crippen LogP contribution in [0.15, 0.2) is 18.2 Å². The van der Waals surface area contributed by atoms with Crippen molar-refractivity contribution in [2.24, 2.45) is 0 Å². The Balaban J connectivity index is 3.16. The van der Waals surface area contributed by atoms with Crippen LogP contribution in [-0.2, 0) is 4.74 Å². The lowest BCUT2D eigenvalue weighted by molar-refractivity contribution is 0.0597. The highest BCUT2D eigenvalue weighted by molar-refractivity contribution is 6.32. The number of methoxy groups -OCH3 is 1. The summed E-state index contributed by atoms with van der Waals surface area (Å²) in [5, 5.41) is 9.40. The van der Waals surface area contributed by atoms with E-state index in [4.69, 9.17) is 11.6 Å². The van der Waals surface area contributed by atoms with Gasteiger partial charge >= 0.3 is 5.97 Å². The number of hydrogen-bond donors (Lipinski definition) is 1. The maximum atomic E-state index is 10.9. The first kappa shape index (κ1) is 8.87. The highest BCUT2D eigenvalue weighted by atomic mass is 35.5. The van der Waals surface area contributed by atoms with Crippen LogP contribution in [0.4, 0.5) is 0 Å². The van der Waals surface area contributed by atoms with Crippen molar-refractivity contribution in [2.45, 2.75) is 0 Å². The molecule has 1 N–H and O–H groups in total. The van der Waals surface area contributed by atoms with Crippen LogP contribution in [0.3, 0.4) is 0 Å². The summed E-state index contributed by atoms with van der Waals surface area (Å²) in [6.45, 7) is 0. The van der Waals surface area contributed by atoms with Gasteiger partial charge in [-0.3, -0.25) is 0 Å². The van der Waals surface area contributed by atoms with Gasteiger partial charge in [-0.25, -0.2) is 4.79 Å². The largest absolute Gasteiger partial charge is 0.505 e. The van der Waals surface area contributed by atoms with Crippen molar-refractivity contribution < 1.29 is 14.6 Å². The Hall–Kier alpha value is -1.22. The van der Waals surface area contributed by atoms with Crippen molar-refractivity contribution in [3.8, 4) is 5.75 Å². The highest BCUT2D eigenvalue weighted by Crippen LogP contribution is 2.26. The van der Waals surface area contributed by atoms with Crippen molar-refractivity contribution in [3.63, 3.8) is 0 Å². The lowest BCUT2D eigenvalue weighted by Crippen LogP contribution is -2.01. The highest BCUT2D eigenvalue weighted by Gasteiger charge is 2.12. The zero-order valence-electron chi connectivity index (χ0n) is 6.37. The van der Waals surface area contributed by atoms with Gasteiger partial charge in [0.1, 0.15) is 11.3 Å². The second kappa shape index (κ2) is 3.45. The fraction of sp³-hybridized carbons (Fsp3) is 0.125. The van der Waals surface area contributed by atoms with Gasteiger partial charge in [-0.05, 0) is 12.1 Å². The van der Waals surface area contributed by atoms with Gasteiger partial charge in [-0.2, -0.15) is 0 Å². The van der Waals surface area contributed by atoms with Gasteiger partial charge in [0.25, 0.3) is 0 Å². The van der Waals surface area contributed by atoms with E-state index in [9.17, 15) is 9.90 Å². The van der Waals surface area contributed by atoms with Gasteiger partial charge in [0.15, 0.2) is 0 Å². The summed E-state index contributed by atoms with van der Waals surface area (Å²) < 4.78 is 4.41. The monoisotopic (exact) mass is 186 g/mol. The molecule has 0 atom stereocenters. The number of carbonyl (C=O) groups excluding carboxylic acids is 1. The molecule has 0 saturated carbocycles. The average Bonchev–Trinajstić information content (AvgIpc) is 2.08. The Morgan fingerprint density at radius 2 is 2.25 bits per heavy atom. The molecule has 0 aliphatic rings. The Bertz CT molecular complexity index is 309. The number of hydrogen-bond acceptors (Lipinski definition) is 3. The molecular weight excluding hydrogens is 180 g/mol. The number of rotatable bonds is 1. The van der Waals surface area contributed by atoms with Crippen molar-refractivity contribution in [2.75, 3.05) is 7.11 Å². The molecule has 64 valence electrons. The molecule has 0 aromatic heterocycles. The van der Waals surface area contributed by atoms with Gasteiger partial charge in [-0.15, -0.1) is 0 Å². The Kier molecular flexibility index (Phi) is 2.55. The van der Waals surface area contributed by atoms with E-state index in [1.165, 1.54) is 19.2 Å². The van der Waals surface area contributed by atoms with E-state index in [1.807, 2.05) is 0 Å². The predicted octanol–water partition coefficient (Wildman–Crippen LogP) is 1.83. The topological polar surface area (TPSA) is 46.5 Å². The van der Waals surface area contributed by atoms with Crippen LogP contribution in [-0.4, -0.2) is 18.2 Å². The van der Waals surface area contributed by atoms with Crippen molar-refractivity contribution >= 4 is 17.6 Å². The second-order valence-corrected chi connectivity index (χ2v) is 2.53. The number of ether oxygens (including phenoxy) is 1. The molecule has 0 fully saturated rings. The van der Waals surface area contributed by atoms with Crippen LogP contribution in [0.25, 0.3) is 0 Å². The molecule has 4 heteroatoms. The summed E-state index contributed by atoms with van der Waals surface area (Å²) >= 11 is 5.56. The van der Waals surface area contributed by atoms with E-state index in [0.29, 0.717) is 0 Å². The standard InChI is InChI=1S/C8H7ClO3/c1-12-8(11)5-3-2-4-6(9)7(5)10/h2-4,10H,1H3. The van der Waals surface area contributed by atoms with E-state index < -0.39 is 5.97 Å². The molecule has 0 spiro atoms. The number of phenolic OH excluding ortho intramolecular Hbond substituents is 1. The van der Waals surface area contributed by atoms with Crippen molar-refractivity contribution in [1.82, 2.24) is 0 Å². The summed E-state index contributed by atoms with van der Waals surface area (Å²) in [7, 11) is 1.24. The third-order valence-corrected chi connectivity index (χ3v) is 1.70. The lowest BCUT2D eigenvalue weighted by Gasteiger charge is -2.02. The fourth-order valence-electron chi connectivity index (χ4n) is 0.790. The third-order valence-electron chi connectivity index (χ3n) is 1.39. The predicted molar refractivity (Wildman–Crippen MR) is 44.5 cm³/mol. The van der Waals surface area contributed by atoms with E-state index >= 15 is 0 Å². The third kappa shape index (κ3) is 1.51. The molecule has 0 aliphatic carbocycles. The molecule has 0 amide bonds. The molecular formula is C8H7ClO3. The second-order valence-electron chi connectivity index (χ2n) is 2.13. The molecule has 0 aliphatic heterocycles. The number of benzene rings is 1. The van der Waals surface area contributed by atoms with E-state index in [1.54, 1.807) is 6.07 Å². The van der Waals surface area contributed by atoms with Gasteiger partial charge in [0.2, 0.25) is 0 Å². The summed E-state index contributed by atoms with van der Waals surface area (Å²) in [5.41, 5.74) is 0.0741. The van der Waals surface area contributed by atoms with Gasteiger partial charge in [0, 0.05) is 0 Å². The zero-order valence-corrected chi connectivity index (χ0v) is 7.13. The number of esters is 1. The number of aromatic hydroxyl groups is 1. The minimum atomic E-state index is -0.602. The quantitative estimate of drug-likeness (QED) is 0.681. The molecule has 1 aromatic carbocycles. The smallest absolute Gasteiger partial charge is 0.341 e. The number of carbonyl (C=O) groups is 1. The van der Waals surface area contributed by atoms with E-state index in [2.05, 4.69) is 4.74 Å². The SMILES string of the molecule is COC(=O)c1cccc(Cl)c1O. The minimum Gasteiger partial charge on any atom is -0.505 e. The summed E-state index contributed by atoms with van der Waals surface area (Å²) in [5.74, 6) is -0.846. The lowest BCUT2D eigenvalue weighted by atomic mass is 10.2. The van der Waals surface area contributed by atoms with Crippen molar-refractivity contribution in [3.05, 3.63) is 28.8 Å². The number of para-hydroxylation sites is 1. The molecule has 0 unspecified atom stereocenters. The first-order valence-corrected chi connectivity index (χ1v) is 3.60. The fourth-order valence-corrected chi connectivity index (χ4v) is 0.965. The van der Waals surface area contributed by atoms with Crippen molar-refractivity contribution in [1.29, 1.82) is 0 Å². The van der Waals surface area contributed by atoms with E-state index in [0.717, 1.165) is 0 Å². The maximum Gasteiger partial charge on any atom is 0.341 e. The van der Waals surface area contributed by atoms with Gasteiger partial charge in [-0.1, -0.05) is 17.7 Å². The molecule has 3 nitrogen and oxygen atoms in total. The van der Waals surface area contributed by atoms with E-state index in [-0.39, 0.29) is 16.3 Å². The maximum absolute atomic E-state index is 10.9. The molecule has 12 heavy (non-hydrogen) atoms. The van der Waals surface area contributed by atoms with Gasteiger partial charge < -0.3 is 9.84 Å². The molecule has 0 bridgehead atoms. The first-order chi connectivity index (χ1) is 5.66. The van der Waals surface area contributed by atoms with Crippen LogP contribution >= 0.6 is 11.6 Å². The Morgan fingerprint density at radius 3 is 2.83 bits per heavy atom. The van der Waals surface area contributed by atoms with Crippen LogP contribution < -0.4 is 0 Å². The minimum absolute atomic E-state index is 0.0741. The summed E-state index contributed by atoms with van der Waals surface area (Å²) in [6.07, 6.45) is 0. The summed E-state index contributed by atoms with van der Waals surface area (Å²) in [4.78, 5) is 10.9. The number of halogens is 1. The van der Waals surface area contributed by atoms with Crippen LogP contribution in [0.2, 0.25) is 5.02 Å².